The molecule has 0 aliphatic carbocycles. The minimum Gasteiger partial charge on any atom is -0.426 e. The third-order valence-corrected chi connectivity index (χ3v) is 11.8. The van der Waals surface area contributed by atoms with Crippen LogP contribution < -0.4 is 15.8 Å². The molecule has 1 aromatic heterocycles. The SMILES string of the molecule is CC[Si](CC)(CC)O[C@@H]1[C@@H](CO[PH](=O)Oc2ccccc2)O[C@@H](n2ccc(=O)[nH]c2=O)[C@]1(C)F. The van der Waals surface area contributed by atoms with Crippen molar-refractivity contribution in [3.8, 4) is 5.75 Å². The lowest BCUT2D eigenvalue weighted by molar-refractivity contribution is -0.0586. The van der Waals surface area contributed by atoms with Crippen LogP contribution in [0.3, 0.4) is 0 Å². The quantitative estimate of drug-likeness (QED) is 0.356. The molecule has 9 nitrogen and oxygen atoms in total. The molecule has 1 aromatic carbocycles. The molecule has 3 rings (SSSR count). The van der Waals surface area contributed by atoms with Crippen molar-refractivity contribution in [1.82, 2.24) is 9.55 Å². The topological polar surface area (TPSA) is 109 Å². The minimum atomic E-state index is -2.96. The monoisotopic (exact) mass is 514 g/mol. The van der Waals surface area contributed by atoms with Gasteiger partial charge in [0.25, 0.3) is 5.56 Å². The van der Waals surface area contributed by atoms with Gasteiger partial charge in [-0.1, -0.05) is 39.0 Å². The zero-order valence-corrected chi connectivity index (χ0v) is 21.8. The van der Waals surface area contributed by atoms with Crippen molar-refractivity contribution >= 4 is 16.6 Å². The highest BCUT2D eigenvalue weighted by molar-refractivity contribution is 7.33. The molecule has 188 valence electrons. The summed E-state index contributed by atoms with van der Waals surface area (Å²) in [5, 5.41) is 0. The number of ether oxygens (including phenoxy) is 1. The number of benzene rings is 1. The Morgan fingerprint density at radius 2 is 1.79 bits per heavy atom. The number of halogens is 1. The number of para-hydroxylation sites is 1. The summed E-state index contributed by atoms with van der Waals surface area (Å²) in [6.07, 6.45) is -2.21. The normalized spacial score (nSPS) is 25.9. The van der Waals surface area contributed by atoms with Gasteiger partial charge in [0.2, 0.25) is 0 Å². The summed E-state index contributed by atoms with van der Waals surface area (Å²) in [4.78, 5) is 26.0. The maximum Gasteiger partial charge on any atom is 0.367 e. The molecule has 1 N–H and O–H groups in total. The fraction of sp³-hybridized carbons (Fsp3) is 0.545. The standard InChI is InChI=1S/C22H32FN2O7PSi/c1-5-34(6-2,7-3)32-19-17(15-29-33(28)31-16-11-9-8-10-12-16)30-20(22(19,4)23)25-14-13-18(26)24-21(25)27/h8-14,17,19-20,33H,5-7,15H2,1-4H3,(H,24,26,27)/t17-,19-,20-,22-/m1/s1. The number of hydrogen-bond acceptors (Lipinski definition) is 7. The predicted molar refractivity (Wildman–Crippen MR) is 129 cm³/mol. The van der Waals surface area contributed by atoms with Gasteiger partial charge in [-0.05, 0) is 37.2 Å². The van der Waals surface area contributed by atoms with Gasteiger partial charge in [0.15, 0.2) is 20.2 Å². The van der Waals surface area contributed by atoms with Gasteiger partial charge in [0.1, 0.15) is 18.0 Å². The molecule has 0 radical (unpaired) electrons. The van der Waals surface area contributed by atoms with E-state index in [1.807, 2.05) is 20.8 Å². The minimum absolute atomic E-state index is 0.259. The average Bonchev–Trinajstić information content (AvgIpc) is 3.06. The number of rotatable bonds is 11. The largest absolute Gasteiger partial charge is 0.426 e. The van der Waals surface area contributed by atoms with E-state index in [2.05, 4.69) is 4.98 Å². The Labute approximate surface area is 199 Å². The Kier molecular flexibility index (Phi) is 8.70. The van der Waals surface area contributed by atoms with Gasteiger partial charge in [0.05, 0.1) is 6.61 Å². The summed E-state index contributed by atoms with van der Waals surface area (Å²) in [5.74, 6) is 0.383. The second-order valence-electron chi connectivity index (χ2n) is 8.45. The fourth-order valence-corrected chi connectivity index (χ4v) is 7.78. The van der Waals surface area contributed by atoms with E-state index in [1.54, 1.807) is 30.3 Å². The molecule has 1 aliphatic rings. The van der Waals surface area contributed by atoms with Crippen LogP contribution in [0.5, 0.6) is 5.75 Å². The number of nitrogens with one attached hydrogen (secondary N) is 1. The molecule has 0 bridgehead atoms. The molecule has 0 saturated carbocycles. The number of alkyl halides is 1. The van der Waals surface area contributed by atoms with Crippen LogP contribution in [0.25, 0.3) is 0 Å². The Hall–Kier alpha value is -2.04. The van der Waals surface area contributed by atoms with Crippen LogP contribution in [0.4, 0.5) is 4.39 Å². The van der Waals surface area contributed by atoms with Crippen molar-refractivity contribution in [2.24, 2.45) is 0 Å². The molecule has 1 aliphatic heterocycles. The first kappa shape index (κ1) is 26.6. The molecule has 1 fully saturated rings. The molecule has 5 atom stereocenters. The van der Waals surface area contributed by atoms with Gasteiger partial charge in [-0.25, -0.2) is 13.8 Å². The Bertz CT molecular complexity index is 1080. The van der Waals surface area contributed by atoms with Crippen molar-refractivity contribution in [1.29, 1.82) is 0 Å². The summed E-state index contributed by atoms with van der Waals surface area (Å²) in [6.45, 7) is 7.11. The van der Waals surface area contributed by atoms with Crippen LogP contribution in [0.1, 0.15) is 33.9 Å². The lowest BCUT2D eigenvalue weighted by Gasteiger charge is -2.37. The first-order valence-electron chi connectivity index (χ1n) is 11.4. The molecule has 12 heteroatoms. The van der Waals surface area contributed by atoms with Gasteiger partial charge in [-0.15, -0.1) is 0 Å². The van der Waals surface area contributed by atoms with Gasteiger partial charge in [-0.2, -0.15) is 0 Å². The van der Waals surface area contributed by atoms with E-state index < -0.39 is 51.9 Å². The average molecular weight is 515 g/mol. The highest BCUT2D eigenvalue weighted by Crippen LogP contribution is 2.45. The van der Waals surface area contributed by atoms with E-state index >= 15 is 4.39 Å². The molecular formula is C22H32FN2O7PSi. The van der Waals surface area contributed by atoms with Crippen molar-refractivity contribution in [3.63, 3.8) is 0 Å². The van der Waals surface area contributed by atoms with Gasteiger partial charge >= 0.3 is 13.9 Å². The van der Waals surface area contributed by atoms with Crippen LogP contribution in [0.2, 0.25) is 18.1 Å². The van der Waals surface area contributed by atoms with Gasteiger partial charge in [-0.3, -0.25) is 18.9 Å². The lowest BCUT2D eigenvalue weighted by atomic mass is 9.98. The molecular weight excluding hydrogens is 482 g/mol. The maximum absolute atomic E-state index is 16.3. The zero-order valence-electron chi connectivity index (χ0n) is 19.8. The van der Waals surface area contributed by atoms with Crippen LogP contribution >= 0.6 is 8.25 Å². The van der Waals surface area contributed by atoms with Gasteiger partial charge in [0, 0.05) is 12.3 Å². The number of hydrogen-bond donors (Lipinski definition) is 1. The second kappa shape index (κ2) is 11.1. The molecule has 0 spiro atoms. The first-order valence-corrected chi connectivity index (χ1v) is 15.1. The van der Waals surface area contributed by atoms with Crippen molar-refractivity contribution < 1.29 is 27.2 Å². The Morgan fingerprint density at radius 3 is 2.38 bits per heavy atom. The Morgan fingerprint density at radius 1 is 1.15 bits per heavy atom. The molecule has 2 heterocycles. The van der Waals surface area contributed by atoms with Crippen LogP contribution in [0, 0.1) is 0 Å². The van der Waals surface area contributed by atoms with E-state index in [4.69, 9.17) is 18.2 Å². The lowest BCUT2D eigenvalue weighted by Crippen LogP contribution is -2.51. The summed E-state index contributed by atoms with van der Waals surface area (Å²) >= 11 is 0. The maximum atomic E-state index is 16.3. The number of aromatic amines is 1. The van der Waals surface area contributed by atoms with E-state index in [0.717, 1.165) is 28.8 Å². The third kappa shape index (κ3) is 5.77. The van der Waals surface area contributed by atoms with Crippen LogP contribution in [0.15, 0.2) is 52.2 Å². The van der Waals surface area contributed by atoms with E-state index in [9.17, 15) is 14.2 Å². The summed E-state index contributed by atoms with van der Waals surface area (Å²) in [5.41, 5.74) is -3.53. The highest BCUT2D eigenvalue weighted by Gasteiger charge is 2.58. The summed E-state index contributed by atoms with van der Waals surface area (Å²) < 4.78 is 52.9. The highest BCUT2D eigenvalue weighted by atomic mass is 31.1. The summed E-state index contributed by atoms with van der Waals surface area (Å²) in [6, 6.07) is 12.0. The molecule has 1 unspecified atom stereocenters. The van der Waals surface area contributed by atoms with Crippen molar-refractivity contribution in [3.05, 3.63) is 63.4 Å². The molecule has 34 heavy (non-hydrogen) atoms. The fourth-order valence-electron chi connectivity index (χ4n) is 4.17. The number of nitrogens with zero attached hydrogens (tertiary/aromatic N) is 1. The van der Waals surface area contributed by atoms with E-state index in [0.29, 0.717) is 5.75 Å². The molecule has 1 saturated heterocycles. The van der Waals surface area contributed by atoms with E-state index in [-0.39, 0.29) is 6.61 Å². The smallest absolute Gasteiger partial charge is 0.367 e. The Balaban J connectivity index is 1.86. The van der Waals surface area contributed by atoms with Crippen molar-refractivity contribution in [2.45, 2.75) is 69.9 Å². The first-order chi connectivity index (χ1) is 16.2. The van der Waals surface area contributed by atoms with Crippen molar-refractivity contribution in [2.75, 3.05) is 6.61 Å². The molecule has 0 amide bonds. The number of H-pyrrole nitrogens is 1. The summed E-state index contributed by atoms with van der Waals surface area (Å²) in [7, 11) is -5.26. The third-order valence-electron chi connectivity index (χ3n) is 6.40. The zero-order chi connectivity index (χ0) is 24.9. The van der Waals surface area contributed by atoms with Crippen LogP contribution in [-0.4, -0.2) is 42.4 Å². The second-order valence-corrected chi connectivity index (χ2v) is 14.2. The predicted octanol–water partition coefficient (Wildman–Crippen LogP) is 4.04. The van der Waals surface area contributed by atoms with Crippen LogP contribution in [-0.2, 0) is 18.3 Å². The molecule has 2 aromatic rings. The van der Waals surface area contributed by atoms with E-state index in [1.165, 1.54) is 13.1 Å². The van der Waals surface area contributed by atoms with Gasteiger partial charge < -0.3 is 13.7 Å². The number of aromatic nitrogens is 2.